The lowest BCUT2D eigenvalue weighted by atomic mass is 9.95. The third-order valence-electron chi connectivity index (χ3n) is 3.48. The van der Waals surface area contributed by atoms with Gasteiger partial charge in [-0.15, -0.1) is 0 Å². The van der Waals surface area contributed by atoms with Crippen molar-refractivity contribution in [2.75, 3.05) is 0 Å². The number of hydrogen-bond acceptors (Lipinski definition) is 3. The molecule has 0 saturated heterocycles. The monoisotopic (exact) mass is 277 g/mol. The molecule has 0 aliphatic carbocycles. The molecule has 0 unspecified atom stereocenters. The average molecular weight is 277 g/mol. The Morgan fingerprint density at radius 2 is 1.90 bits per heavy atom. The molecule has 3 aromatic rings. The second-order valence-corrected chi connectivity index (χ2v) is 4.90. The van der Waals surface area contributed by atoms with Crippen LogP contribution in [0, 0.1) is 6.92 Å². The van der Waals surface area contributed by atoms with Crippen LogP contribution in [0.4, 0.5) is 0 Å². The molecular weight excluding hydrogens is 262 g/mol. The number of nitrogens with one attached hydrogen (secondary N) is 1. The average Bonchev–Trinajstić information content (AvgIpc) is 2.89. The van der Waals surface area contributed by atoms with E-state index in [2.05, 4.69) is 15.2 Å². The Morgan fingerprint density at radius 3 is 2.62 bits per heavy atom. The molecule has 0 spiro atoms. The minimum Gasteiger partial charge on any atom is -0.294 e. The van der Waals surface area contributed by atoms with Crippen molar-refractivity contribution < 1.29 is 4.79 Å². The third kappa shape index (κ3) is 2.36. The molecule has 104 valence electrons. The normalized spacial score (nSPS) is 10.6. The van der Waals surface area contributed by atoms with Crippen LogP contribution in [0.1, 0.15) is 23.0 Å². The second-order valence-electron chi connectivity index (χ2n) is 4.90. The van der Waals surface area contributed by atoms with Crippen molar-refractivity contribution in [1.82, 2.24) is 15.2 Å². The minimum absolute atomic E-state index is 0.00212. The van der Waals surface area contributed by atoms with Crippen LogP contribution in [0.5, 0.6) is 0 Å². The van der Waals surface area contributed by atoms with E-state index < -0.39 is 0 Å². The number of aromatic amines is 1. The van der Waals surface area contributed by atoms with E-state index in [0.29, 0.717) is 5.56 Å². The van der Waals surface area contributed by atoms with E-state index in [0.717, 1.165) is 28.1 Å². The Morgan fingerprint density at radius 1 is 1.14 bits per heavy atom. The minimum atomic E-state index is -0.00212. The van der Waals surface area contributed by atoms with Gasteiger partial charge >= 0.3 is 0 Å². The molecule has 0 aliphatic heterocycles. The topological polar surface area (TPSA) is 58.6 Å². The summed E-state index contributed by atoms with van der Waals surface area (Å²) >= 11 is 0. The van der Waals surface area contributed by atoms with E-state index in [9.17, 15) is 4.79 Å². The molecule has 21 heavy (non-hydrogen) atoms. The summed E-state index contributed by atoms with van der Waals surface area (Å²) in [7, 11) is 0. The number of rotatable bonds is 3. The number of ketones is 1. The number of benzene rings is 1. The molecule has 4 nitrogen and oxygen atoms in total. The lowest BCUT2D eigenvalue weighted by Crippen LogP contribution is -1.98. The van der Waals surface area contributed by atoms with Crippen molar-refractivity contribution >= 4 is 5.78 Å². The maximum absolute atomic E-state index is 11.8. The fraction of sp³-hybridized carbons (Fsp3) is 0.118. The van der Waals surface area contributed by atoms with Crippen molar-refractivity contribution in [3.63, 3.8) is 0 Å². The van der Waals surface area contributed by atoms with Crippen LogP contribution in [0.3, 0.4) is 0 Å². The SMILES string of the molecule is CC(=O)c1cnccc1-c1c(C)n[nH]c1-c1ccccc1. The largest absolute Gasteiger partial charge is 0.294 e. The zero-order chi connectivity index (χ0) is 14.8. The summed E-state index contributed by atoms with van der Waals surface area (Å²) in [4.78, 5) is 15.9. The number of Topliss-reactive ketones (excluding diaryl/α,β-unsaturated/α-hetero) is 1. The van der Waals surface area contributed by atoms with Gasteiger partial charge in [0.2, 0.25) is 0 Å². The zero-order valence-electron chi connectivity index (χ0n) is 11.9. The second kappa shape index (κ2) is 5.32. The third-order valence-corrected chi connectivity index (χ3v) is 3.48. The van der Waals surface area contributed by atoms with E-state index in [1.807, 2.05) is 43.3 Å². The number of nitrogens with zero attached hydrogens (tertiary/aromatic N) is 2. The number of carbonyl (C=O) groups is 1. The summed E-state index contributed by atoms with van der Waals surface area (Å²) in [5.41, 5.74) is 5.25. The van der Waals surface area contributed by atoms with E-state index in [1.165, 1.54) is 0 Å². The van der Waals surface area contributed by atoms with E-state index in [-0.39, 0.29) is 5.78 Å². The van der Waals surface area contributed by atoms with Crippen molar-refractivity contribution in [3.8, 4) is 22.4 Å². The van der Waals surface area contributed by atoms with Gasteiger partial charge in [0.25, 0.3) is 0 Å². The van der Waals surface area contributed by atoms with Crippen LogP contribution in [0.25, 0.3) is 22.4 Å². The Hall–Kier alpha value is -2.75. The van der Waals surface area contributed by atoms with E-state index in [1.54, 1.807) is 19.3 Å². The van der Waals surface area contributed by atoms with Crippen LogP contribution < -0.4 is 0 Å². The number of pyridine rings is 1. The Bertz CT molecular complexity index is 791. The molecule has 0 amide bonds. The first kappa shape index (κ1) is 13.2. The highest BCUT2D eigenvalue weighted by atomic mass is 16.1. The van der Waals surface area contributed by atoms with Crippen LogP contribution >= 0.6 is 0 Å². The molecule has 0 fully saturated rings. The molecule has 0 radical (unpaired) electrons. The summed E-state index contributed by atoms with van der Waals surface area (Å²) < 4.78 is 0. The molecule has 3 rings (SSSR count). The molecule has 1 aromatic carbocycles. The highest BCUT2D eigenvalue weighted by Crippen LogP contribution is 2.34. The highest BCUT2D eigenvalue weighted by molar-refractivity contribution is 6.02. The maximum atomic E-state index is 11.8. The molecule has 4 heteroatoms. The molecule has 0 atom stereocenters. The zero-order valence-corrected chi connectivity index (χ0v) is 11.9. The molecular formula is C17H15N3O. The fourth-order valence-electron chi connectivity index (χ4n) is 2.47. The van der Waals surface area contributed by atoms with Gasteiger partial charge in [0.1, 0.15) is 0 Å². The lowest BCUT2D eigenvalue weighted by Gasteiger charge is -2.08. The number of hydrogen-bond donors (Lipinski definition) is 1. The smallest absolute Gasteiger partial charge is 0.161 e. The molecule has 0 aliphatic rings. The lowest BCUT2D eigenvalue weighted by molar-refractivity contribution is 0.101. The molecule has 0 bridgehead atoms. The number of aromatic nitrogens is 3. The molecule has 1 N–H and O–H groups in total. The van der Waals surface area contributed by atoms with Crippen molar-refractivity contribution in [1.29, 1.82) is 0 Å². The molecule has 2 aromatic heterocycles. The standard InChI is InChI=1S/C17H15N3O/c1-11-16(14-8-9-18-10-15(14)12(2)21)17(20-19-11)13-6-4-3-5-7-13/h3-10H,1-2H3,(H,19,20). The first-order chi connectivity index (χ1) is 10.2. The first-order valence-electron chi connectivity index (χ1n) is 6.74. The maximum Gasteiger partial charge on any atom is 0.161 e. The number of carbonyl (C=O) groups excluding carboxylic acids is 1. The predicted octanol–water partition coefficient (Wildman–Crippen LogP) is 3.65. The number of aryl methyl sites for hydroxylation is 1. The fourth-order valence-corrected chi connectivity index (χ4v) is 2.47. The molecule has 0 saturated carbocycles. The van der Waals surface area contributed by atoms with Crippen LogP contribution in [0.15, 0.2) is 48.8 Å². The van der Waals surface area contributed by atoms with Gasteiger partial charge in [0.15, 0.2) is 5.78 Å². The quantitative estimate of drug-likeness (QED) is 0.743. The van der Waals surface area contributed by atoms with E-state index in [4.69, 9.17) is 0 Å². The Labute approximate surface area is 122 Å². The van der Waals surface area contributed by atoms with Crippen molar-refractivity contribution in [2.24, 2.45) is 0 Å². The van der Waals surface area contributed by atoms with Crippen LogP contribution in [-0.4, -0.2) is 21.0 Å². The van der Waals surface area contributed by atoms with Gasteiger partial charge in [0, 0.05) is 29.1 Å². The van der Waals surface area contributed by atoms with Crippen molar-refractivity contribution in [3.05, 3.63) is 60.0 Å². The van der Waals surface area contributed by atoms with Gasteiger partial charge in [-0.05, 0) is 25.5 Å². The van der Waals surface area contributed by atoms with Crippen LogP contribution in [-0.2, 0) is 0 Å². The molecule has 2 heterocycles. The highest BCUT2D eigenvalue weighted by Gasteiger charge is 2.18. The van der Waals surface area contributed by atoms with E-state index >= 15 is 0 Å². The first-order valence-corrected chi connectivity index (χ1v) is 6.74. The van der Waals surface area contributed by atoms with Gasteiger partial charge in [-0.1, -0.05) is 30.3 Å². The summed E-state index contributed by atoms with van der Waals surface area (Å²) in [5, 5.41) is 7.39. The van der Waals surface area contributed by atoms with Gasteiger partial charge in [-0.2, -0.15) is 5.10 Å². The Balaban J connectivity index is 2.25. The van der Waals surface area contributed by atoms with Gasteiger partial charge in [-0.3, -0.25) is 14.9 Å². The van der Waals surface area contributed by atoms with Gasteiger partial charge in [-0.25, -0.2) is 0 Å². The summed E-state index contributed by atoms with van der Waals surface area (Å²) in [6.45, 7) is 3.49. The number of H-pyrrole nitrogens is 1. The Kier molecular flexibility index (Phi) is 3.36. The van der Waals surface area contributed by atoms with Crippen molar-refractivity contribution in [2.45, 2.75) is 13.8 Å². The van der Waals surface area contributed by atoms with Gasteiger partial charge in [0.05, 0.1) is 11.4 Å². The summed E-state index contributed by atoms with van der Waals surface area (Å²) in [5.74, 6) is -0.00212. The predicted molar refractivity (Wildman–Crippen MR) is 82.0 cm³/mol. The van der Waals surface area contributed by atoms with Gasteiger partial charge < -0.3 is 0 Å². The summed E-state index contributed by atoms with van der Waals surface area (Å²) in [6, 6.07) is 11.8. The van der Waals surface area contributed by atoms with Crippen LogP contribution in [0.2, 0.25) is 0 Å². The summed E-state index contributed by atoms with van der Waals surface area (Å²) in [6.07, 6.45) is 3.31.